The lowest BCUT2D eigenvalue weighted by Crippen LogP contribution is -2.43. The maximum absolute atomic E-state index is 13.1. The lowest BCUT2D eigenvalue weighted by molar-refractivity contribution is 0.0600. The van der Waals surface area contributed by atoms with E-state index in [4.69, 9.17) is 16.3 Å². The number of thioether (sulfide) groups is 1. The number of esters is 1. The molecule has 0 bridgehead atoms. The van der Waals surface area contributed by atoms with Crippen LogP contribution in [-0.2, 0) is 27.8 Å². The number of halogens is 1. The van der Waals surface area contributed by atoms with Gasteiger partial charge >= 0.3 is 5.97 Å². The van der Waals surface area contributed by atoms with Crippen LogP contribution >= 0.6 is 23.4 Å². The van der Waals surface area contributed by atoms with E-state index in [0.29, 0.717) is 36.6 Å². The molecule has 0 spiro atoms. The summed E-state index contributed by atoms with van der Waals surface area (Å²) in [6, 6.07) is 17.0. The van der Waals surface area contributed by atoms with Crippen LogP contribution in [0.5, 0.6) is 0 Å². The van der Waals surface area contributed by atoms with Crippen LogP contribution < -0.4 is 4.72 Å². The molecule has 0 unspecified atom stereocenters. The number of ether oxygens (including phenoxy) is 1. The molecule has 0 radical (unpaired) electrons. The number of aromatic nitrogens is 1. The van der Waals surface area contributed by atoms with Crippen molar-refractivity contribution in [2.75, 3.05) is 25.7 Å². The Bertz CT molecular complexity index is 1210. The summed E-state index contributed by atoms with van der Waals surface area (Å²) < 4.78 is 33.9. The Morgan fingerprint density at radius 2 is 1.78 bits per heavy atom. The van der Waals surface area contributed by atoms with E-state index >= 15 is 0 Å². The van der Waals surface area contributed by atoms with Crippen LogP contribution in [-0.4, -0.2) is 56.0 Å². The van der Waals surface area contributed by atoms with Gasteiger partial charge in [-0.05, 0) is 72.0 Å². The molecule has 36 heavy (non-hydrogen) atoms. The van der Waals surface area contributed by atoms with E-state index in [2.05, 4.69) is 14.6 Å². The molecule has 7 nitrogen and oxygen atoms in total. The maximum Gasteiger partial charge on any atom is 0.337 e. The smallest absolute Gasteiger partial charge is 0.337 e. The van der Waals surface area contributed by atoms with Crippen LogP contribution in [0.1, 0.15) is 27.9 Å². The molecule has 0 aliphatic carbocycles. The number of pyridine rings is 1. The summed E-state index contributed by atoms with van der Waals surface area (Å²) >= 11 is 7.61. The summed E-state index contributed by atoms with van der Waals surface area (Å²) in [6.45, 7) is 1.64. The highest BCUT2D eigenvalue weighted by Gasteiger charge is 2.23. The molecule has 0 aliphatic heterocycles. The number of carbonyl (C=O) groups excluding carboxylic acids is 1. The second-order valence-corrected chi connectivity index (χ2v) is 11.4. The number of hydrogen-bond donors (Lipinski definition) is 1. The van der Waals surface area contributed by atoms with Crippen LogP contribution in [0.25, 0.3) is 0 Å². The molecule has 0 amide bonds. The lowest BCUT2D eigenvalue weighted by Gasteiger charge is -2.28. The van der Waals surface area contributed by atoms with Crippen LogP contribution in [0.15, 0.2) is 78.0 Å². The van der Waals surface area contributed by atoms with Gasteiger partial charge in [0.05, 0.1) is 17.6 Å². The minimum absolute atomic E-state index is 0.179. The molecule has 1 atom stereocenters. The number of rotatable bonds is 13. The average Bonchev–Trinajstić information content (AvgIpc) is 2.88. The molecule has 192 valence electrons. The zero-order chi connectivity index (χ0) is 26.0. The third kappa shape index (κ3) is 8.60. The van der Waals surface area contributed by atoms with Crippen molar-refractivity contribution in [3.8, 4) is 0 Å². The Morgan fingerprint density at radius 1 is 1.08 bits per heavy atom. The Morgan fingerprint density at radius 3 is 2.39 bits per heavy atom. The molecule has 1 aromatic heterocycles. The fraction of sp³-hybridized carbons (Fsp3) is 0.308. The van der Waals surface area contributed by atoms with Crippen molar-refractivity contribution in [1.29, 1.82) is 0 Å². The summed E-state index contributed by atoms with van der Waals surface area (Å²) in [6.07, 6.45) is 6.20. The van der Waals surface area contributed by atoms with Gasteiger partial charge in [-0.2, -0.15) is 11.8 Å². The molecule has 2 aromatic carbocycles. The first-order chi connectivity index (χ1) is 17.3. The number of nitrogens with zero attached hydrogens (tertiary/aromatic N) is 2. The van der Waals surface area contributed by atoms with Gasteiger partial charge in [-0.25, -0.2) is 17.9 Å². The van der Waals surface area contributed by atoms with E-state index in [-0.39, 0.29) is 16.9 Å². The van der Waals surface area contributed by atoms with Crippen molar-refractivity contribution < 1.29 is 17.9 Å². The monoisotopic (exact) mass is 547 g/mol. The number of benzene rings is 2. The van der Waals surface area contributed by atoms with E-state index < -0.39 is 10.0 Å². The Hall–Kier alpha value is -2.43. The third-order valence-electron chi connectivity index (χ3n) is 5.50. The summed E-state index contributed by atoms with van der Waals surface area (Å²) in [5, 5.41) is 0.480. The summed E-state index contributed by atoms with van der Waals surface area (Å²) in [4.78, 5) is 18.4. The molecule has 0 saturated carbocycles. The standard InChI is InChI=1S/C26H30ClN3O4S2/c1-34-26(31)22-7-5-20(6-8-22)17-30(18-21-4-3-14-28-16-21)19-24(13-15-35-2)29-36(32,33)25-11-9-23(27)10-12-25/h3-12,14,16,24,29H,13,15,17-19H2,1-2H3/t24-/m0/s1. The van der Waals surface area contributed by atoms with E-state index in [1.807, 2.05) is 36.7 Å². The molecule has 3 aromatic rings. The number of sulfonamides is 1. The van der Waals surface area contributed by atoms with Gasteiger partial charge in [-0.15, -0.1) is 0 Å². The van der Waals surface area contributed by atoms with Crippen LogP contribution in [0.2, 0.25) is 5.02 Å². The molecule has 0 saturated heterocycles. The van der Waals surface area contributed by atoms with Crippen molar-refractivity contribution in [2.24, 2.45) is 0 Å². The number of hydrogen-bond acceptors (Lipinski definition) is 7. The van der Waals surface area contributed by atoms with Gasteiger partial charge in [0.25, 0.3) is 0 Å². The van der Waals surface area contributed by atoms with E-state index in [1.54, 1.807) is 42.2 Å². The largest absolute Gasteiger partial charge is 0.465 e. The number of methoxy groups -OCH3 is 1. The lowest BCUT2D eigenvalue weighted by atomic mass is 10.1. The summed E-state index contributed by atoms with van der Waals surface area (Å²) in [5.74, 6) is 0.421. The molecule has 3 rings (SSSR count). The number of carbonyl (C=O) groups is 1. The Balaban J connectivity index is 1.82. The average molecular weight is 548 g/mol. The van der Waals surface area contributed by atoms with Gasteiger partial charge in [0.2, 0.25) is 10.0 Å². The fourth-order valence-electron chi connectivity index (χ4n) is 3.72. The first-order valence-electron chi connectivity index (χ1n) is 11.4. The van der Waals surface area contributed by atoms with Crippen molar-refractivity contribution in [3.05, 3.63) is 94.8 Å². The predicted molar refractivity (Wildman–Crippen MR) is 145 cm³/mol. The zero-order valence-corrected chi connectivity index (χ0v) is 22.7. The topological polar surface area (TPSA) is 88.6 Å². The molecule has 10 heteroatoms. The van der Waals surface area contributed by atoms with Gasteiger partial charge in [-0.1, -0.05) is 29.8 Å². The minimum atomic E-state index is -3.72. The van der Waals surface area contributed by atoms with Gasteiger partial charge in [0.1, 0.15) is 0 Å². The molecular weight excluding hydrogens is 518 g/mol. The third-order valence-corrected chi connectivity index (χ3v) is 7.94. The molecule has 1 N–H and O–H groups in total. The highest BCUT2D eigenvalue weighted by atomic mass is 35.5. The Labute approximate surface area is 222 Å². The normalized spacial score (nSPS) is 12.4. The van der Waals surface area contributed by atoms with E-state index in [1.165, 1.54) is 19.2 Å². The molecular formula is C26H30ClN3O4S2. The quantitative estimate of drug-likeness (QED) is 0.312. The fourth-order valence-corrected chi connectivity index (χ4v) is 5.63. The summed E-state index contributed by atoms with van der Waals surface area (Å²) in [7, 11) is -2.37. The second kappa shape index (κ2) is 13.8. The minimum Gasteiger partial charge on any atom is -0.465 e. The highest BCUT2D eigenvalue weighted by Crippen LogP contribution is 2.17. The molecule has 0 aliphatic rings. The zero-order valence-electron chi connectivity index (χ0n) is 20.3. The predicted octanol–water partition coefficient (Wildman–Crippen LogP) is 4.62. The summed E-state index contributed by atoms with van der Waals surface area (Å²) in [5.41, 5.74) is 2.50. The number of nitrogens with one attached hydrogen (secondary N) is 1. The first kappa shape index (κ1) is 28.1. The van der Waals surface area contributed by atoms with E-state index in [0.717, 1.165) is 16.9 Å². The Kier molecular flexibility index (Phi) is 10.8. The molecule has 1 heterocycles. The first-order valence-corrected chi connectivity index (χ1v) is 14.6. The molecule has 0 fully saturated rings. The van der Waals surface area contributed by atoms with Gasteiger partial charge < -0.3 is 4.74 Å². The second-order valence-electron chi connectivity index (χ2n) is 8.27. The van der Waals surface area contributed by atoms with Gasteiger partial charge in [-0.3, -0.25) is 9.88 Å². The van der Waals surface area contributed by atoms with Crippen molar-refractivity contribution >= 4 is 39.4 Å². The van der Waals surface area contributed by atoms with Gasteiger partial charge in [0.15, 0.2) is 0 Å². The highest BCUT2D eigenvalue weighted by molar-refractivity contribution is 7.98. The maximum atomic E-state index is 13.1. The van der Waals surface area contributed by atoms with Crippen molar-refractivity contribution in [2.45, 2.75) is 30.4 Å². The SMILES string of the molecule is COC(=O)c1ccc(CN(Cc2cccnc2)C[C@H](CCSC)NS(=O)(=O)c2ccc(Cl)cc2)cc1. The van der Waals surface area contributed by atoms with Crippen molar-refractivity contribution in [3.63, 3.8) is 0 Å². The van der Waals surface area contributed by atoms with Crippen molar-refractivity contribution in [1.82, 2.24) is 14.6 Å². The van der Waals surface area contributed by atoms with E-state index in [9.17, 15) is 13.2 Å². The van der Waals surface area contributed by atoms with Crippen LogP contribution in [0.3, 0.4) is 0 Å². The van der Waals surface area contributed by atoms with Crippen LogP contribution in [0.4, 0.5) is 0 Å². The van der Waals surface area contributed by atoms with Gasteiger partial charge in [0, 0.05) is 43.1 Å². The van der Waals surface area contributed by atoms with Crippen LogP contribution in [0, 0.1) is 0 Å².